The van der Waals surface area contributed by atoms with E-state index in [2.05, 4.69) is 17.6 Å². The molecule has 1 rings (SSSR count). The van der Waals surface area contributed by atoms with Crippen LogP contribution in [0, 0.1) is 11.3 Å². The lowest BCUT2D eigenvalue weighted by atomic mass is 10.1. The lowest BCUT2D eigenvalue weighted by Crippen LogP contribution is -3.00. The number of pyridine rings is 1. The zero-order chi connectivity index (χ0) is 13.8. The van der Waals surface area contributed by atoms with E-state index in [0.717, 1.165) is 12.1 Å². The van der Waals surface area contributed by atoms with Crippen LogP contribution in [0.5, 0.6) is 0 Å². The molecule has 0 aliphatic carbocycles. The van der Waals surface area contributed by atoms with Gasteiger partial charge in [0.15, 0.2) is 12.4 Å². The van der Waals surface area contributed by atoms with Gasteiger partial charge in [0.05, 0.1) is 0 Å². The summed E-state index contributed by atoms with van der Waals surface area (Å²) in [7, 11) is 0. The summed E-state index contributed by atoms with van der Waals surface area (Å²) in [5.74, 6) is 0. The molecule has 0 amide bonds. The molecular weight excluding hydrogens is 312 g/mol. The first kappa shape index (κ1) is 19.1. The fourth-order valence-electron chi connectivity index (χ4n) is 2.33. The highest BCUT2D eigenvalue weighted by atomic mass is 79.9. The van der Waals surface area contributed by atoms with Crippen molar-refractivity contribution in [3.63, 3.8) is 0 Å². The summed E-state index contributed by atoms with van der Waals surface area (Å²) in [4.78, 5) is 0. The molecule has 0 fully saturated rings. The number of halogens is 1. The lowest BCUT2D eigenvalue weighted by Gasteiger charge is -2.01. The predicted octanol–water partition coefficient (Wildman–Crippen LogP) is 1.38. The van der Waals surface area contributed by atoms with Gasteiger partial charge in [0.1, 0.15) is 18.2 Å². The molecule has 0 atom stereocenters. The molecule has 1 heterocycles. The Morgan fingerprint density at radius 2 is 1.60 bits per heavy atom. The van der Waals surface area contributed by atoms with Crippen molar-refractivity contribution in [1.29, 1.82) is 5.26 Å². The maximum Gasteiger partial charge on any atom is 0.186 e. The highest BCUT2D eigenvalue weighted by Gasteiger charge is 2.01. The lowest BCUT2D eigenvalue weighted by molar-refractivity contribution is -0.697. The Hall–Kier alpha value is -0.880. The molecular formula is C17H27BrN2. The van der Waals surface area contributed by atoms with E-state index in [-0.39, 0.29) is 17.0 Å². The minimum absolute atomic E-state index is 0. The first-order chi connectivity index (χ1) is 9.36. The molecule has 0 aliphatic rings. The summed E-state index contributed by atoms with van der Waals surface area (Å²) in [6, 6.07) is 5.99. The van der Waals surface area contributed by atoms with Crippen LogP contribution in [0.2, 0.25) is 0 Å². The van der Waals surface area contributed by atoms with Crippen molar-refractivity contribution in [2.24, 2.45) is 0 Å². The molecule has 20 heavy (non-hydrogen) atoms. The van der Waals surface area contributed by atoms with Crippen molar-refractivity contribution in [3.8, 4) is 6.07 Å². The van der Waals surface area contributed by atoms with E-state index in [1.165, 1.54) is 57.8 Å². The van der Waals surface area contributed by atoms with Gasteiger partial charge < -0.3 is 17.0 Å². The van der Waals surface area contributed by atoms with Crippen LogP contribution >= 0.6 is 0 Å². The van der Waals surface area contributed by atoms with Gasteiger partial charge in [-0.1, -0.05) is 51.9 Å². The second kappa shape index (κ2) is 13.1. The summed E-state index contributed by atoms with van der Waals surface area (Å²) in [6.07, 6.45) is 16.2. The summed E-state index contributed by atoms with van der Waals surface area (Å²) >= 11 is 0. The van der Waals surface area contributed by atoms with Crippen molar-refractivity contribution in [2.75, 3.05) is 0 Å². The van der Waals surface area contributed by atoms with Crippen LogP contribution in [-0.2, 0) is 6.54 Å². The van der Waals surface area contributed by atoms with Gasteiger partial charge in [0.25, 0.3) is 0 Å². The van der Waals surface area contributed by atoms with Crippen molar-refractivity contribution in [1.82, 2.24) is 0 Å². The third-order valence-corrected chi connectivity index (χ3v) is 3.51. The Bertz CT molecular complexity index is 385. The summed E-state index contributed by atoms with van der Waals surface area (Å²) < 4.78 is 2.12. The van der Waals surface area contributed by atoms with Crippen LogP contribution in [-0.4, -0.2) is 0 Å². The summed E-state index contributed by atoms with van der Waals surface area (Å²) in [6.45, 7) is 3.30. The van der Waals surface area contributed by atoms with E-state index >= 15 is 0 Å². The van der Waals surface area contributed by atoms with Crippen LogP contribution in [0.1, 0.15) is 70.3 Å². The van der Waals surface area contributed by atoms with Crippen LogP contribution < -0.4 is 21.5 Å². The molecule has 0 unspecified atom stereocenters. The van der Waals surface area contributed by atoms with E-state index in [0.29, 0.717) is 0 Å². The molecule has 0 bridgehead atoms. The van der Waals surface area contributed by atoms with Gasteiger partial charge in [-0.05, 0) is 12.5 Å². The van der Waals surface area contributed by atoms with E-state index in [1.807, 2.05) is 24.5 Å². The third-order valence-electron chi connectivity index (χ3n) is 3.51. The molecule has 0 aromatic carbocycles. The minimum Gasteiger partial charge on any atom is -1.00 e. The monoisotopic (exact) mass is 338 g/mol. The second-order valence-corrected chi connectivity index (χ2v) is 5.27. The quantitative estimate of drug-likeness (QED) is 0.468. The number of aromatic nitrogens is 1. The van der Waals surface area contributed by atoms with Gasteiger partial charge in [-0.15, -0.1) is 0 Å². The molecule has 3 heteroatoms. The SMILES string of the molecule is CCCCCCCCCCC[n+]1cccc(C#N)c1.[Br-]. The third kappa shape index (κ3) is 9.09. The number of rotatable bonds is 10. The van der Waals surface area contributed by atoms with E-state index < -0.39 is 0 Å². The molecule has 0 saturated heterocycles. The number of hydrogen-bond donors (Lipinski definition) is 0. The fraction of sp³-hybridized carbons (Fsp3) is 0.647. The highest BCUT2D eigenvalue weighted by Crippen LogP contribution is 2.09. The van der Waals surface area contributed by atoms with Crippen LogP contribution in [0.3, 0.4) is 0 Å². The predicted molar refractivity (Wildman–Crippen MR) is 78.6 cm³/mol. The Balaban J connectivity index is 0.00000361. The number of nitrogens with zero attached hydrogens (tertiary/aromatic N) is 2. The minimum atomic E-state index is 0. The smallest absolute Gasteiger partial charge is 0.186 e. The Kier molecular flexibility index (Phi) is 12.5. The Morgan fingerprint density at radius 1 is 1.00 bits per heavy atom. The summed E-state index contributed by atoms with van der Waals surface area (Å²) in [5, 5.41) is 8.83. The first-order valence-electron chi connectivity index (χ1n) is 7.76. The van der Waals surface area contributed by atoms with Crippen LogP contribution in [0.15, 0.2) is 24.5 Å². The summed E-state index contributed by atoms with van der Waals surface area (Å²) in [5.41, 5.74) is 0.749. The maximum atomic E-state index is 8.83. The molecule has 1 aromatic rings. The van der Waals surface area contributed by atoms with E-state index in [4.69, 9.17) is 5.26 Å². The van der Waals surface area contributed by atoms with Gasteiger partial charge in [-0.3, -0.25) is 0 Å². The Labute approximate surface area is 134 Å². The van der Waals surface area contributed by atoms with Gasteiger partial charge in [-0.2, -0.15) is 5.26 Å². The topological polar surface area (TPSA) is 27.7 Å². The molecule has 0 spiro atoms. The molecule has 0 saturated carbocycles. The molecule has 2 nitrogen and oxygen atoms in total. The normalized spacial score (nSPS) is 9.80. The number of nitriles is 1. The van der Waals surface area contributed by atoms with Crippen molar-refractivity contribution in [2.45, 2.75) is 71.3 Å². The second-order valence-electron chi connectivity index (χ2n) is 5.27. The van der Waals surface area contributed by atoms with Crippen LogP contribution in [0.25, 0.3) is 0 Å². The van der Waals surface area contributed by atoms with Gasteiger partial charge in [0, 0.05) is 12.5 Å². The van der Waals surface area contributed by atoms with Gasteiger partial charge >= 0.3 is 0 Å². The highest BCUT2D eigenvalue weighted by molar-refractivity contribution is 5.21. The number of unbranched alkanes of at least 4 members (excludes halogenated alkanes) is 8. The molecule has 0 aliphatic heterocycles. The average molecular weight is 339 g/mol. The van der Waals surface area contributed by atoms with E-state index in [1.54, 1.807) is 0 Å². The number of hydrogen-bond acceptors (Lipinski definition) is 1. The Morgan fingerprint density at radius 3 is 2.20 bits per heavy atom. The van der Waals surface area contributed by atoms with Crippen molar-refractivity contribution >= 4 is 0 Å². The zero-order valence-corrected chi connectivity index (χ0v) is 14.2. The van der Waals surface area contributed by atoms with Crippen molar-refractivity contribution in [3.05, 3.63) is 30.1 Å². The standard InChI is InChI=1S/C17H27N2.BrH/c1-2-3-4-5-6-7-8-9-10-13-19-14-11-12-17(15-18)16-19;/h11-12,14,16H,2-10,13H2,1H3;1H/q+1;/p-1. The molecule has 1 aromatic heterocycles. The largest absolute Gasteiger partial charge is 1.00 e. The van der Waals surface area contributed by atoms with Gasteiger partial charge in [-0.25, -0.2) is 4.57 Å². The maximum absolute atomic E-state index is 8.83. The molecule has 0 radical (unpaired) electrons. The molecule has 112 valence electrons. The average Bonchev–Trinajstić information content (AvgIpc) is 2.46. The zero-order valence-electron chi connectivity index (χ0n) is 12.7. The van der Waals surface area contributed by atoms with Crippen molar-refractivity contribution < 1.29 is 21.5 Å². The van der Waals surface area contributed by atoms with Gasteiger partial charge in [0.2, 0.25) is 0 Å². The first-order valence-corrected chi connectivity index (χ1v) is 7.76. The molecule has 0 N–H and O–H groups in total. The van der Waals surface area contributed by atoms with Crippen LogP contribution in [0.4, 0.5) is 0 Å². The number of aryl methyl sites for hydroxylation is 1. The van der Waals surface area contributed by atoms with E-state index in [9.17, 15) is 0 Å². The fourth-order valence-corrected chi connectivity index (χ4v) is 2.33.